The van der Waals surface area contributed by atoms with Crippen molar-refractivity contribution in [2.75, 3.05) is 13.1 Å². The Bertz CT molecular complexity index is 113. The molecule has 1 N–H and O–H groups in total. The molecule has 0 spiro atoms. The molecule has 0 unspecified atom stereocenters. The van der Waals surface area contributed by atoms with Gasteiger partial charge in [-0.25, -0.2) is 0 Å². The third-order valence-electron chi connectivity index (χ3n) is 1.32. The van der Waals surface area contributed by atoms with E-state index in [1.54, 1.807) is 0 Å². The zero-order valence-electron chi connectivity index (χ0n) is 5.24. The number of halogens is 3. The molecule has 1 aliphatic rings. The van der Waals surface area contributed by atoms with Crippen LogP contribution in [-0.4, -0.2) is 25.6 Å². The predicted octanol–water partition coefficient (Wildman–Crippen LogP) is 1.13. The highest BCUT2D eigenvalue weighted by molar-refractivity contribution is 4.70. The summed E-state index contributed by atoms with van der Waals surface area (Å²) in [5.74, 6) is 0. The van der Waals surface area contributed by atoms with Crippen LogP contribution in [0.25, 0.3) is 0 Å². The summed E-state index contributed by atoms with van der Waals surface area (Å²) in [5.41, 5.74) is 0. The van der Waals surface area contributed by atoms with Crippen molar-refractivity contribution < 1.29 is 19.3 Å². The Balaban J connectivity index is 0.000001000. The minimum Gasteiger partial charge on any atom is -0.314 e. The van der Waals surface area contributed by atoms with Crippen LogP contribution in [0.15, 0.2) is 0 Å². The standard InChI is InChI=1S/C5H8F3NO.H2/c6-5(7,8)10-4-1-2-9-3-4;/h4,9H,1-3H2;1H/t4-;/m0./s1. The Morgan fingerprint density at radius 3 is 2.60 bits per heavy atom. The summed E-state index contributed by atoms with van der Waals surface area (Å²) < 4.78 is 38.1. The number of alkyl halides is 3. The molecule has 1 rings (SSSR count). The van der Waals surface area contributed by atoms with Crippen LogP contribution in [0.4, 0.5) is 13.2 Å². The van der Waals surface area contributed by atoms with Gasteiger partial charge in [0, 0.05) is 7.97 Å². The van der Waals surface area contributed by atoms with Gasteiger partial charge in [0.25, 0.3) is 0 Å². The van der Waals surface area contributed by atoms with Crippen LogP contribution in [0.5, 0.6) is 0 Å². The normalized spacial score (nSPS) is 27.3. The van der Waals surface area contributed by atoms with Crippen molar-refractivity contribution >= 4 is 0 Å². The van der Waals surface area contributed by atoms with E-state index in [4.69, 9.17) is 0 Å². The van der Waals surface area contributed by atoms with Gasteiger partial charge < -0.3 is 5.32 Å². The predicted molar refractivity (Wildman–Crippen MR) is 30.5 cm³/mol. The zero-order valence-corrected chi connectivity index (χ0v) is 5.24. The first-order chi connectivity index (χ1) is 4.58. The second-order valence-corrected chi connectivity index (χ2v) is 2.18. The fourth-order valence-corrected chi connectivity index (χ4v) is 0.918. The third kappa shape index (κ3) is 2.53. The molecule has 0 aromatic rings. The second-order valence-electron chi connectivity index (χ2n) is 2.18. The first-order valence-electron chi connectivity index (χ1n) is 3.03. The topological polar surface area (TPSA) is 21.3 Å². The van der Waals surface area contributed by atoms with E-state index >= 15 is 0 Å². The summed E-state index contributed by atoms with van der Waals surface area (Å²) in [6.45, 7) is 0.917. The molecule has 0 saturated carbocycles. The molecular weight excluding hydrogens is 147 g/mol. The zero-order chi connectivity index (χ0) is 7.61. The largest absolute Gasteiger partial charge is 0.522 e. The van der Waals surface area contributed by atoms with Gasteiger partial charge in [0.15, 0.2) is 0 Å². The SMILES string of the molecule is FC(F)(F)O[C@H]1CCNC1.[HH]. The van der Waals surface area contributed by atoms with E-state index in [1.807, 2.05) is 0 Å². The lowest BCUT2D eigenvalue weighted by molar-refractivity contribution is -0.339. The summed E-state index contributed by atoms with van der Waals surface area (Å²) in [4.78, 5) is 0. The third-order valence-corrected chi connectivity index (χ3v) is 1.32. The maximum absolute atomic E-state index is 11.5. The average Bonchev–Trinajstić information content (AvgIpc) is 2.12. The Hall–Kier alpha value is -0.290. The average molecular weight is 157 g/mol. The number of hydrogen-bond acceptors (Lipinski definition) is 2. The summed E-state index contributed by atoms with van der Waals surface area (Å²) in [6, 6.07) is 0. The number of hydrogen-bond donors (Lipinski definition) is 1. The Morgan fingerprint density at radius 1 is 1.50 bits per heavy atom. The van der Waals surface area contributed by atoms with Gasteiger partial charge in [0.1, 0.15) is 0 Å². The summed E-state index contributed by atoms with van der Waals surface area (Å²) in [6.07, 6.45) is -4.71. The number of nitrogens with one attached hydrogen (secondary N) is 1. The molecule has 1 atom stereocenters. The minimum absolute atomic E-state index is 0. The highest BCUT2D eigenvalue weighted by Gasteiger charge is 2.34. The Labute approximate surface area is 57.8 Å². The van der Waals surface area contributed by atoms with Crippen molar-refractivity contribution in [1.29, 1.82) is 0 Å². The van der Waals surface area contributed by atoms with Gasteiger partial charge in [-0.3, -0.25) is 4.74 Å². The molecular formula is C5H10F3NO. The molecule has 1 aliphatic heterocycles. The smallest absolute Gasteiger partial charge is 0.314 e. The summed E-state index contributed by atoms with van der Waals surface area (Å²) in [7, 11) is 0. The van der Waals surface area contributed by atoms with Crippen LogP contribution in [-0.2, 0) is 4.74 Å². The maximum atomic E-state index is 11.5. The molecule has 5 heteroatoms. The van der Waals surface area contributed by atoms with Gasteiger partial charge in [-0.15, -0.1) is 13.2 Å². The molecule has 0 bridgehead atoms. The molecule has 1 fully saturated rings. The van der Waals surface area contributed by atoms with Gasteiger partial charge in [0.2, 0.25) is 0 Å². The van der Waals surface area contributed by atoms with Crippen molar-refractivity contribution in [3.63, 3.8) is 0 Å². The van der Waals surface area contributed by atoms with Crippen LogP contribution in [0.2, 0.25) is 0 Å². The fourth-order valence-electron chi connectivity index (χ4n) is 0.918. The van der Waals surface area contributed by atoms with E-state index in [1.165, 1.54) is 0 Å². The molecule has 0 amide bonds. The molecule has 1 saturated heterocycles. The Morgan fingerprint density at radius 2 is 2.20 bits per heavy atom. The van der Waals surface area contributed by atoms with E-state index in [9.17, 15) is 13.2 Å². The molecule has 10 heavy (non-hydrogen) atoms. The van der Waals surface area contributed by atoms with Crippen molar-refractivity contribution in [2.45, 2.75) is 18.9 Å². The van der Waals surface area contributed by atoms with E-state index in [0.29, 0.717) is 19.5 Å². The first kappa shape index (κ1) is 7.81. The molecule has 1 heterocycles. The van der Waals surface area contributed by atoms with Crippen LogP contribution >= 0.6 is 0 Å². The number of rotatable bonds is 1. The van der Waals surface area contributed by atoms with Gasteiger partial charge in [-0.05, 0) is 13.0 Å². The van der Waals surface area contributed by atoms with Crippen LogP contribution < -0.4 is 5.32 Å². The van der Waals surface area contributed by atoms with Crippen LogP contribution in [0, 0.1) is 0 Å². The van der Waals surface area contributed by atoms with Crippen molar-refractivity contribution in [3.05, 3.63) is 0 Å². The summed E-state index contributed by atoms with van der Waals surface area (Å²) in [5, 5.41) is 2.77. The van der Waals surface area contributed by atoms with Crippen molar-refractivity contribution in [2.24, 2.45) is 0 Å². The minimum atomic E-state index is -4.48. The molecule has 0 aliphatic carbocycles. The lowest BCUT2D eigenvalue weighted by Crippen LogP contribution is -2.25. The van der Waals surface area contributed by atoms with Crippen LogP contribution in [0.1, 0.15) is 7.85 Å². The van der Waals surface area contributed by atoms with Crippen molar-refractivity contribution in [1.82, 2.24) is 5.32 Å². The molecule has 2 nitrogen and oxygen atoms in total. The number of ether oxygens (including phenoxy) is 1. The van der Waals surface area contributed by atoms with E-state index in [0.717, 1.165) is 0 Å². The van der Waals surface area contributed by atoms with E-state index in [2.05, 4.69) is 10.1 Å². The highest BCUT2D eigenvalue weighted by Crippen LogP contribution is 2.20. The Kier molecular flexibility index (Phi) is 2.15. The molecule has 62 valence electrons. The fraction of sp³-hybridized carbons (Fsp3) is 1.00. The second kappa shape index (κ2) is 2.75. The lowest BCUT2D eigenvalue weighted by atomic mass is 10.3. The lowest BCUT2D eigenvalue weighted by Gasteiger charge is -2.11. The quantitative estimate of drug-likeness (QED) is 0.616. The van der Waals surface area contributed by atoms with Gasteiger partial charge in [-0.2, -0.15) is 0 Å². The van der Waals surface area contributed by atoms with Crippen LogP contribution in [0.3, 0.4) is 0 Å². The molecule has 0 aromatic heterocycles. The maximum Gasteiger partial charge on any atom is 0.522 e. The van der Waals surface area contributed by atoms with Crippen molar-refractivity contribution in [3.8, 4) is 0 Å². The molecule has 0 radical (unpaired) electrons. The first-order valence-corrected chi connectivity index (χ1v) is 3.03. The molecule has 0 aromatic carbocycles. The van der Waals surface area contributed by atoms with Gasteiger partial charge in [-0.1, -0.05) is 0 Å². The van der Waals surface area contributed by atoms with E-state index in [-0.39, 0.29) is 1.43 Å². The highest BCUT2D eigenvalue weighted by atomic mass is 19.4. The van der Waals surface area contributed by atoms with Gasteiger partial charge >= 0.3 is 6.36 Å². The van der Waals surface area contributed by atoms with E-state index < -0.39 is 12.5 Å². The van der Waals surface area contributed by atoms with Gasteiger partial charge in [0.05, 0.1) is 6.10 Å². The summed E-state index contributed by atoms with van der Waals surface area (Å²) >= 11 is 0. The monoisotopic (exact) mass is 157 g/mol.